The van der Waals surface area contributed by atoms with E-state index < -0.39 is 12.0 Å². The van der Waals surface area contributed by atoms with Gasteiger partial charge >= 0.3 is 5.97 Å². The number of carboxylic acids is 1. The molecule has 1 aromatic heterocycles. The minimum atomic E-state index is -0.980. The SMILES string of the molecule is Cc1nc(CCNCC(N)C(=O)O)cs1. The summed E-state index contributed by atoms with van der Waals surface area (Å²) < 4.78 is 0. The highest BCUT2D eigenvalue weighted by atomic mass is 32.1. The van der Waals surface area contributed by atoms with E-state index in [0.717, 1.165) is 17.1 Å². The molecule has 0 amide bonds. The minimum absolute atomic E-state index is 0.290. The predicted molar refractivity (Wildman–Crippen MR) is 59.0 cm³/mol. The Bertz CT molecular complexity index is 327. The molecule has 0 bridgehead atoms. The summed E-state index contributed by atoms with van der Waals surface area (Å²) in [4.78, 5) is 14.7. The highest BCUT2D eigenvalue weighted by Gasteiger charge is 2.09. The molecule has 15 heavy (non-hydrogen) atoms. The molecule has 0 radical (unpaired) electrons. The molecule has 0 spiro atoms. The van der Waals surface area contributed by atoms with Gasteiger partial charge < -0.3 is 16.2 Å². The highest BCUT2D eigenvalue weighted by molar-refractivity contribution is 7.09. The molecule has 1 aromatic rings. The van der Waals surface area contributed by atoms with Crippen molar-refractivity contribution in [2.24, 2.45) is 5.73 Å². The fourth-order valence-electron chi connectivity index (χ4n) is 1.08. The minimum Gasteiger partial charge on any atom is -0.480 e. The number of hydrogen-bond acceptors (Lipinski definition) is 5. The Hall–Kier alpha value is -0.980. The Morgan fingerprint density at radius 2 is 2.53 bits per heavy atom. The molecule has 0 saturated carbocycles. The van der Waals surface area contributed by atoms with Crippen molar-refractivity contribution in [3.05, 3.63) is 16.1 Å². The van der Waals surface area contributed by atoms with Gasteiger partial charge in [0, 0.05) is 24.9 Å². The Labute approximate surface area is 92.3 Å². The van der Waals surface area contributed by atoms with Gasteiger partial charge in [0.05, 0.1) is 10.7 Å². The van der Waals surface area contributed by atoms with E-state index >= 15 is 0 Å². The number of aliphatic carboxylic acids is 1. The molecule has 0 aliphatic heterocycles. The van der Waals surface area contributed by atoms with Gasteiger partial charge in [-0.2, -0.15) is 0 Å². The van der Waals surface area contributed by atoms with Crippen molar-refractivity contribution in [1.29, 1.82) is 0 Å². The summed E-state index contributed by atoms with van der Waals surface area (Å²) in [6, 6.07) is -0.831. The van der Waals surface area contributed by atoms with E-state index in [9.17, 15) is 4.79 Å². The number of carbonyl (C=O) groups is 1. The van der Waals surface area contributed by atoms with Crippen molar-refractivity contribution in [2.45, 2.75) is 19.4 Å². The Morgan fingerprint density at radius 3 is 3.07 bits per heavy atom. The second kappa shape index (κ2) is 5.79. The van der Waals surface area contributed by atoms with Crippen molar-refractivity contribution >= 4 is 17.3 Å². The van der Waals surface area contributed by atoms with Crippen molar-refractivity contribution in [1.82, 2.24) is 10.3 Å². The molecule has 0 aromatic carbocycles. The zero-order chi connectivity index (χ0) is 11.3. The number of hydrogen-bond donors (Lipinski definition) is 3. The van der Waals surface area contributed by atoms with E-state index in [-0.39, 0.29) is 0 Å². The number of carboxylic acid groups (broad SMARTS) is 1. The van der Waals surface area contributed by atoms with Crippen LogP contribution in [0.25, 0.3) is 0 Å². The summed E-state index contributed by atoms with van der Waals surface area (Å²) in [7, 11) is 0. The number of aryl methyl sites for hydroxylation is 1. The van der Waals surface area contributed by atoms with Gasteiger partial charge in [-0.25, -0.2) is 4.98 Å². The number of thiazole rings is 1. The van der Waals surface area contributed by atoms with Crippen molar-refractivity contribution in [3.8, 4) is 0 Å². The molecule has 5 nitrogen and oxygen atoms in total. The van der Waals surface area contributed by atoms with Crippen LogP contribution in [0.1, 0.15) is 10.7 Å². The first-order chi connectivity index (χ1) is 7.09. The van der Waals surface area contributed by atoms with Gasteiger partial charge in [0.2, 0.25) is 0 Å². The molecule has 0 saturated heterocycles. The van der Waals surface area contributed by atoms with Crippen LogP contribution in [0.2, 0.25) is 0 Å². The first-order valence-corrected chi connectivity index (χ1v) is 5.57. The molecular formula is C9H15N3O2S. The van der Waals surface area contributed by atoms with Gasteiger partial charge in [0.15, 0.2) is 0 Å². The first-order valence-electron chi connectivity index (χ1n) is 4.69. The van der Waals surface area contributed by atoms with Crippen molar-refractivity contribution in [2.75, 3.05) is 13.1 Å². The summed E-state index contributed by atoms with van der Waals surface area (Å²) in [6.45, 7) is 2.95. The molecule has 0 aliphatic carbocycles. The first kappa shape index (κ1) is 12.1. The van der Waals surface area contributed by atoms with Crippen molar-refractivity contribution in [3.63, 3.8) is 0 Å². The third-order valence-corrected chi connectivity index (χ3v) is 2.73. The maximum absolute atomic E-state index is 10.4. The van der Waals surface area contributed by atoms with E-state index in [1.165, 1.54) is 0 Å². The van der Waals surface area contributed by atoms with Gasteiger partial charge in [0.1, 0.15) is 6.04 Å². The summed E-state index contributed by atoms with van der Waals surface area (Å²) in [5.74, 6) is -0.980. The maximum Gasteiger partial charge on any atom is 0.321 e. The zero-order valence-electron chi connectivity index (χ0n) is 8.56. The van der Waals surface area contributed by atoms with Crippen LogP contribution in [0.5, 0.6) is 0 Å². The Balaban J connectivity index is 2.14. The van der Waals surface area contributed by atoms with Gasteiger partial charge in [-0.3, -0.25) is 4.79 Å². The number of rotatable bonds is 6. The van der Waals surface area contributed by atoms with E-state index in [2.05, 4.69) is 10.3 Å². The average Bonchev–Trinajstić information content (AvgIpc) is 2.58. The number of nitrogens with two attached hydrogens (primary N) is 1. The highest BCUT2D eigenvalue weighted by Crippen LogP contribution is 2.07. The van der Waals surface area contributed by atoms with Crippen molar-refractivity contribution < 1.29 is 9.90 Å². The van der Waals surface area contributed by atoms with Gasteiger partial charge in [0.25, 0.3) is 0 Å². The van der Waals surface area contributed by atoms with Crippen LogP contribution in [-0.4, -0.2) is 35.2 Å². The Morgan fingerprint density at radius 1 is 1.80 bits per heavy atom. The van der Waals surface area contributed by atoms with Crippen LogP contribution in [0.4, 0.5) is 0 Å². The largest absolute Gasteiger partial charge is 0.480 e. The lowest BCUT2D eigenvalue weighted by molar-refractivity contribution is -0.138. The Kier molecular flexibility index (Phi) is 4.67. The lowest BCUT2D eigenvalue weighted by atomic mass is 10.3. The van der Waals surface area contributed by atoms with E-state index in [1.807, 2.05) is 12.3 Å². The summed E-state index contributed by atoms with van der Waals surface area (Å²) in [5.41, 5.74) is 6.36. The molecule has 1 rings (SSSR count). The molecule has 0 aliphatic rings. The van der Waals surface area contributed by atoms with Crippen LogP contribution in [-0.2, 0) is 11.2 Å². The van der Waals surface area contributed by atoms with Crippen LogP contribution in [0, 0.1) is 6.92 Å². The normalized spacial score (nSPS) is 12.7. The van der Waals surface area contributed by atoms with E-state index in [4.69, 9.17) is 10.8 Å². The van der Waals surface area contributed by atoms with Gasteiger partial charge in [-0.05, 0) is 6.92 Å². The lowest BCUT2D eigenvalue weighted by Gasteiger charge is -2.06. The second-order valence-corrected chi connectivity index (χ2v) is 4.32. The quantitative estimate of drug-likeness (QED) is 0.597. The topological polar surface area (TPSA) is 88.2 Å². The summed E-state index contributed by atoms with van der Waals surface area (Å²) in [6.07, 6.45) is 0.802. The molecule has 1 heterocycles. The molecule has 4 N–H and O–H groups in total. The number of aromatic nitrogens is 1. The van der Waals surface area contributed by atoms with Crippen LogP contribution in [0.15, 0.2) is 5.38 Å². The molecular weight excluding hydrogens is 214 g/mol. The molecule has 1 unspecified atom stereocenters. The third-order valence-electron chi connectivity index (χ3n) is 1.91. The third kappa shape index (κ3) is 4.37. The lowest BCUT2D eigenvalue weighted by Crippen LogP contribution is -2.40. The molecule has 6 heteroatoms. The number of nitrogens with one attached hydrogen (secondary N) is 1. The van der Waals surface area contributed by atoms with Crippen LogP contribution >= 0.6 is 11.3 Å². The van der Waals surface area contributed by atoms with Gasteiger partial charge in [-0.1, -0.05) is 0 Å². The van der Waals surface area contributed by atoms with Crippen LogP contribution in [0.3, 0.4) is 0 Å². The monoisotopic (exact) mass is 229 g/mol. The summed E-state index contributed by atoms with van der Waals surface area (Å²) >= 11 is 1.62. The second-order valence-electron chi connectivity index (χ2n) is 3.26. The van der Waals surface area contributed by atoms with E-state index in [0.29, 0.717) is 13.1 Å². The zero-order valence-corrected chi connectivity index (χ0v) is 9.38. The predicted octanol–water partition coefficient (Wildman–Crippen LogP) is -0.00448. The summed E-state index contributed by atoms with van der Waals surface area (Å²) in [5, 5.41) is 14.6. The molecule has 84 valence electrons. The fraction of sp³-hybridized carbons (Fsp3) is 0.556. The average molecular weight is 229 g/mol. The standard InChI is InChI=1S/C9H15N3O2S/c1-6-12-7(5-15-6)2-3-11-4-8(10)9(13)14/h5,8,11H,2-4,10H2,1H3,(H,13,14). The smallest absolute Gasteiger partial charge is 0.321 e. The van der Waals surface area contributed by atoms with E-state index in [1.54, 1.807) is 11.3 Å². The molecule has 1 atom stereocenters. The van der Waals surface area contributed by atoms with Crippen LogP contribution < -0.4 is 11.1 Å². The molecule has 0 fully saturated rings. The fourth-order valence-corrected chi connectivity index (χ4v) is 1.73. The number of nitrogens with zero attached hydrogens (tertiary/aromatic N) is 1. The maximum atomic E-state index is 10.4. The van der Waals surface area contributed by atoms with Gasteiger partial charge in [-0.15, -0.1) is 11.3 Å².